The average molecular weight is 391 g/mol. The van der Waals surface area contributed by atoms with E-state index in [1.165, 1.54) is 36.0 Å². The molecule has 0 radical (unpaired) electrons. The number of hydrazone groups is 1. The molecule has 0 saturated carbocycles. The molecule has 1 aromatic heterocycles. The van der Waals surface area contributed by atoms with Crippen molar-refractivity contribution in [1.29, 1.82) is 0 Å². The highest BCUT2D eigenvalue weighted by Gasteiger charge is 2.16. The lowest BCUT2D eigenvalue weighted by atomic mass is 10.1. The van der Waals surface area contributed by atoms with Gasteiger partial charge in [0.05, 0.1) is 15.5 Å². The number of carbonyl (C=O) groups is 1. The van der Waals surface area contributed by atoms with E-state index in [4.69, 9.17) is 0 Å². The van der Waals surface area contributed by atoms with Crippen LogP contribution in [0, 0.1) is 0 Å². The van der Waals surface area contributed by atoms with E-state index in [2.05, 4.69) is 10.5 Å². The molecule has 0 saturated heterocycles. The summed E-state index contributed by atoms with van der Waals surface area (Å²) in [5.41, 5.74) is 5.29. The number of sulfone groups is 1. The predicted molar refractivity (Wildman–Crippen MR) is 105 cm³/mol. The summed E-state index contributed by atoms with van der Waals surface area (Å²) in [6.07, 6.45) is 6.91. The van der Waals surface area contributed by atoms with Gasteiger partial charge in [0.2, 0.25) is 0 Å². The minimum absolute atomic E-state index is 0.199. The Bertz CT molecular complexity index is 918. The Hall–Kier alpha value is -1.99. The van der Waals surface area contributed by atoms with Gasteiger partial charge in [-0.25, -0.2) is 13.8 Å². The Morgan fingerprint density at radius 2 is 1.81 bits per heavy atom. The van der Waals surface area contributed by atoms with Gasteiger partial charge in [0.15, 0.2) is 9.84 Å². The standard InChI is InChI=1S/C19H22N2O3S2/c1-13(14-8-10-16(11-9-14)26(2,23)24)20-21-19(22)18-12-15-6-4-3-5-7-17(15)25-18/h8-12H,3-7H2,1-2H3,(H,21,22)/b20-13-. The van der Waals surface area contributed by atoms with Crippen LogP contribution in [0.3, 0.4) is 0 Å². The van der Waals surface area contributed by atoms with Gasteiger partial charge < -0.3 is 0 Å². The van der Waals surface area contributed by atoms with E-state index in [1.54, 1.807) is 42.5 Å². The van der Waals surface area contributed by atoms with Gasteiger partial charge in [-0.05, 0) is 61.9 Å². The summed E-state index contributed by atoms with van der Waals surface area (Å²) < 4.78 is 23.0. The molecule has 3 rings (SSSR count). The first-order chi connectivity index (χ1) is 12.3. The molecule has 1 aliphatic carbocycles. The summed E-state index contributed by atoms with van der Waals surface area (Å²) in [4.78, 5) is 14.7. The number of nitrogens with zero attached hydrogens (tertiary/aromatic N) is 1. The summed E-state index contributed by atoms with van der Waals surface area (Å²) >= 11 is 1.56. The van der Waals surface area contributed by atoms with Gasteiger partial charge in [0.25, 0.3) is 5.91 Å². The second-order valence-corrected chi connectivity index (χ2v) is 9.71. The van der Waals surface area contributed by atoms with Crippen LogP contribution in [-0.4, -0.2) is 26.3 Å². The first-order valence-electron chi connectivity index (χ1n) is 8.61. The Kier molecular flexibility index (Phi) is 5.58. The highest BCUT2D eigenvalue weighted by molar-refractivity contribution is 7.90. The van der Waals surface area contributed by atoms with E-state index in [0.29, 0.717) is 10.6 Å². The molecular formula is C19H22N2O3S2. The van der Waals surface area contributed by atoms with Crippen LogP contribution in [0.5, 0.6) is 0 Å². The molecule has 1 heterocycles. The highest BCUT2D eigenvalue weighted by atomic mass is 32.2. The van der Waals surface area contributed by atoms with Crippen molar-refractivity contribution in [1.82, 2.24) is 5.43 Å². The third kappa shape index (κ3) is 4.40. The molecule has 1 N–H and O–H groups in total. The summed E-state index contributed by atoms with van der Waals surface area (Å²) in [5, 5.41) is 4.16. The van der Waals surface area contributed by atoms with Crippen molar-refractivity contribution in [2.24, 2.45) is 5.10 Å². The average Bonchev–Trinajstić information content (AvgIpc) is 2.89. The maximum atomic E-state index is 12.4. The number of benzene rings is 1. The first kappa shape index (κ1) is 18.8. The summed E-state index contributed by atoms with van der Waals surface area (Å²) in [7, 11) is -3.22. The maximum Gasteiger partial charge on any atom is 0.281 e. The highest BCUT2D eigenvalue weighted by Crippen LogP contribution is 2.28. The number of hydrogen-bond donors (Lipinski definition) is 1. The monoisotopic (exact) mass is 390 g/mol. The van der Waals surface area contributed by atoms with E-state index in [-0.39, 0.29) is 10.8 Å². The predicted octanol–water partition coefficient (Wildman–Crippen LogP) is 3.57. The third-order valence-corrected chi connectivity index (χ3v) is 6.86. The minimum Gasteiger partial charge on any atom is -0.266 e. The second kappa shape index (κ2) is 7.72. The third-order valence-electron chi connectivity index (χ3n) is 4.50. The van der Waals surface area contributed by atoms with Crippen LogP contribution in [0.25, 0.3) is 0 Å². The molecule has 1 amide bonds. The lowest BCUT2D eigenvalue weighted by Gasteiger charge is -2.03. The van der Waals surface area contributed by atoms with Crippen molar-refractivity contribution in [2.75, 3.05) is 6.26 Å². The molecule has 5 nitrogen and oxygen atoms in total. The van der Waals surface area contributed by atoms with Crippen LogP contribution >= 0.6 is 11.3 Å². The second-order valence-electron chi connectivity index (χ2n) is 6.55. The molecule has 1 aliphatic rings. The lowest BCUT2D eigenvalue weighted by Crippen LogP contribution is -2.18. The number of rotatable bonds is 4. The molecule has 0 unspecified atom stereocenters. The van der Waals surface area contributed by atoms with Gasteiger partial charge in [-0.1, -0.05) is 18.6 Å². The van der Waals surface area contributed by atoms with Gasteiger partial charge in [-0.3, -0.25) is 4.79 Å². The first-order valence-corrected chi connectivity index (χ1v) is 11.3. The Balaban J connectivity index is 1.69. The molecule has 0 fully saturated rings. The van der Waals surface area contributed by atoms with E-state index in [1.807, 2.05) is 6.07 Å². The molecule has 26 heavy (non-hydrogen) atoms. The molecule has 138 valence electrons. The quantitative estimate of drug-likeness (QED) is 0.493. The normalized spacial score (nSPS) is 15.2. The Labute approximate surface area is 158 Å². The van der Waals surface area contributed by atoms with Crippen LogP contribution in [0.2, 0.25) is 0 Å². The number of nitrogens with one attached hydrogen (secondary N) is 1. The Morgan fingerprint density at radius 3 is 2.50 bits per heavy atom. The summed E-state index contributed by atoms with van der Waals surface area (Å²) in [5.74, 6) is -0.199. The van der Waals surface area contributed by atoms with Crippen molar-refractivity contribution in [2.45, 2.75) is 43.9 Å². The van der Waals surface area contributed by atoms with Gasteiger partial charge in [0.1, 0.15) is 0 Å². The number of carbonyl (C=O) groups excluding carboxylic acids is 1. The molecule has 0 bridgehead atoms. The number of thiophene rings is 1. The lowest BCUT2D eigenvalue weighted by molar-refractivity contribution is 0.0959. The van der Waals surface area contributed by atoms with Crippen molar-refractivity contribution >= 4 is 32.8 Å². The van der Waals surface area contributed by atoms with Gasteiger partial charge >= 0.3 is 0 Å². The number of fused-ring (bicyclic) bond motifs is 1. The molecular weight excluding hydrogens is 368 g/mol. The number of amides is 1. The van der Waals surface area contributed by atoms with Gasteiger partial charge in [-0.15, -0.1) is 11.3 Å². The smallest absolute Gasteiger partial charge is 0.266 e. The molecule has 2 aromatic rings. The fourth-order valence-corrected chi connectivity index (χ4v) is 4.75. The topological polar surface area (TPSA) is 75.6 Å². The van der Waals surface area contributed by atoms with Crippen molar-refractivity contribution in [3.63, 3.8) is 0 Å². The summed E-state index contributed by atoms with van der Waals surface area (Å²) in [6, 6.07) is 8.46. The van der Waals surface area contributed by atoms with Crippen LogP contribution in [0.15, 0.2) is 40.3 Å². The van der Waals surface area contributed by atoms with Crippen LogP contribution < -0.4 is 5.43 Å². The van der Waals surface area contributed by atoms with Crippen molar-refractivity contribution in [3.8, 4) is 0 Å². The van der Waals surface area contributed by atoms with E-state index in [9.17, 15) is 13.2 Å². The van der Waals surface area contributed by atoms with Gasteiger partial charge in [0, 0.05) is 11.1 Å². The van der Waals surface area contributed by atoms with Crippen molar-refractivity contribution in [3.05, 3.63) is 51.2 Å². The van der Waals surface area contributed by atoms with Crippen LogP contribution in [0.4, 0.5) is 0 Å². The van der Waals surface area contributed by atoms with Crippen LogP contribution in [-0.2, 0) is 22.7 Å². The van der Waals surface area contributed by atoms with Crippen LogP contribution in [0.1, 0.15) is 51.9 Å². The maximum absolute atomic E-state index is 12.4. The number of aryl methyl sites for hydroxylation is 2. The number of hydrogen-bond acceptors (Lipinski definition) is 5. The fraction of sp³-hybridized carbons (Fsp3) is 0.368. The molecule has 7 heteroatoms. The van der Waals surface area contributed by atoms with Gasteiger partial charge in [-0.2, -0.15) is 5.10 Å². The molecule has 0 atom stereocenters. The SMILES string of the molecule is C/C(=N/NC(=O)c1cc2c(s1)CCCCC2)c1ccc(S(C)(=O)=O)cc1. The fourth-order valence-electron chi connectivity index (χ4n) is 2.98. The van der Waals surface area contributed by atoms with Crippen molar-refractivity contribution < 1.29 is 13.2 Å². The largest absolute Gasteiger partial charge is 0.281 e. The zero-order valence-electron chi connectivity index (χ0n) is 14.9. The molecule has 0 spiro atoms. The minimum atomic E-state index is -3.22. The Morgan fingerprint density at radius 1 is 1.12 bits per heavy atom. The zero-order chi connectivity index (χ0) is 18.7. The molecule has 0 aliphatic heterocycles. The van der Waals surface area contributed by atoms with E-state index >= 15 is 0 Å². The zero-order valence-corrected chi connectivity index (χ0v) is 16.5. The molecule has 1 aromatic carbocycles. The summed E-state index contributed by atoms with van der Waals surface area (Å²) in [6.45, 7) is 1.78. The van der Waals surface area contributed by atoms with E-state index in [0.717, 1.165) is 18.4 Å². The van der Waals surface area contributed by atoms with E-state index < -0.39 is 9.84 Å².